The minimum absolute atomic E-state index is 0.0550. The van der Waals surface area contributed by atoms with Crippen molar-refractivity contribution >= 4 is 29.7 Å². The number of carboxylic acids is 1. The number of amides is 2. The molecule has 1 aliphatic rings. The number of alkyl carbamates (subject to hydrolysis) is 1. The summed E-state index contributed by atoms with van der Waals surface area (Å²) in [4.78, 5) is 36.4. The lowest BCUT2D eigenvalue weighted by Gasteiger charge is -2.15. The fourth-order valence-electron chi connectivity index (χ4n) is 4.11. The maximum Gasteiger partial charge on any atom is 0.407 e. The predicted molar refractivity (Wildman–Crippen MR) is 130 cm³/mol. The summed E-state index contributed by atoms with van der Waals surface area (Å²) < 4.78 is 10.4. The van der Waals surface area contributed by atoms with Crippen LogP contribution in [0.4, 0.5) is 4.79 Å². The Hall–Kier alpha value is -3.79. The molecule has 0 aliphatic heterocycles. The zero-order valence-electron chi connectivity index (χ0n) is 19.0. The van der Waals surface area contributed by atoms with E-state index >= 15 is 0 Å². The third-order valence-electron chi connectivity index (χ3n) is 5.85. The number of aliphatic carboxylic acids is 1. The van der Waals surface area contributed by atoms with Crippen molar-refractivity contribution in [2.75, 3.05) is 18.6 Å². The Morgan fingerprint density at radius 1 is 1.11 bits per heavy atom. The lowest BCUT2D eigenvalue weighted by atomic mass is 9.98. The Morgan fingerprint density at radius 2 is 1.77 bits per heavy atom. The van der Waals surface area contributed by atoms with Gasteiger partial charge in [0.1, 0.15) is 30.2 Å². The molecule has 3 aromatic rings. The van der Waals surface area contributed by atoms with Crippen LogP contribution in [-0.4, -0.2) is 52.9 Å². The molecule has 10 heteroatoms. The van der Waals surface area contributed by atoms with Crippen LogP contribution >= 0.6 is 11.8 Å². The third kappa shape index (κ3) is 5.48. The summed E-state index contributed by atoms with van der Waals surface area (Å²) in [6.45, 7) is 0.0419. The summed E-state index contributed by atoms with van der Waals surface area (Å²) in [5.41, 5.74) is 4.70. The Balaban J connectivity index is 1.34. The summed E-state index contributed by atoms with van der Waals surface area (Å²) in [6.07, 6.45) is 2.59. The maximum absolute atomic E-state index is 12.6. The highest BCUT2D eigenvalue weighted by atomic mass is 32.2. The first-order valence-electron chi connectivity index (χ1n) is 11.0. The molecule has 1 aliphatic carbocycles. The molecule has 0 spiro atoms. The molecule has 4 rings (SSSR count). The first-order valence-corrected chi connectivity index (χ1v) is 12.4. The number of hydrogen-bond acceptors (Lipinski definition) is 7. The molecule has 1 aromatic heterocycles. The molecule has 0 unspecified atom stereocenters. The average molecular weight is 496 g/mol. The topological polar surface area (TPSA) is 131 Å². The number of ether oxygens (including phenoxy) is 1. The summed E-state index contributed by atoms with van der Waals surface area (Å²) in [6, 6.07) is 15.0. The molecule has 182 valence electrons. The predicted octanol–water partition coefficient (Wildman–Crippen LogP) is 3.65. The monoisotopic (exact) mass is 495 g/mol. The molecule has 9 nitrogen and oxygen atoms in total. The van der Waals surface area contributed by atoms with Gasteiger partial charge in [0, 0.05) is 5.92 Å². The number of carbonyl (C=O) groups excluding carboxylic acids is 2. The van der Waals surface area contributed by atoms with Crippen molar-refractivity contribution in [3.63, 3.8) is 0 Å². The first-order chi connectivity index (χ1) is 17.0. The SMILES string of the molecule is CSCC[C@@H](NC(=O)c1conc1CNC(=O)OCC1c2ccccc2-c2ccccc21)C(=O)O. The number of rotatable bonds is 10. The molecule has 2 amide bonds. The molecular formula is C25H25N3O6S. The van der Waals surface area contributed by atoms with Gasteiger partial charge in [0.2, 0.25) is 0 Å². The van der Waals surface area contributed by atoms with Crippen LogP contribution in [0.5, 0.6) is 0 Å². The lowest BCUT2D eigenvalue weighted by Crippen LogP contribution is -2.41. The fraction of sp³-hybridized carbons (Fsp3) is 0.280. The summed E-state index contributed by atoms with van der Waals surface area (Å²) in [7, 11) is 0. The van der Waals surface area contributed by atoms with E-state index in [0.717, 1.165) is 28.5 Å². The van der Waals surface area contributed by atoms with E-state index in [1.165, 1.54) is 11.8 Å². The van der Waals surface area contributed by atoms with Crippen LogP contribution in [0.2, 0.25) is 0 Å². The maximum atomic E-state index is 12.6. The van der Waals surface area contributed by atoms with E-state index in [9.17, 15) is 19.5 Å². The molecule has 0 fully saturated rings. The highest BCUT2D eigenvalue weighted by Crippen LogP contribution is 2.44. The van der Waals surface area contributed by atoms with Gasteiger partial charge in [0.25, 0.3) is 5.91 Å². The van der Waals surface area contributed by atoms with E-state index in [4.69, 9.17) is 9.26 Å². The second-order valence-electron chi connectivity index (χ2n) is 8.00. The first kappa shape index (κ1) is 24.3. The molecule has 2 aromatic carbocycles. The van der Waals surface area contributed by atoms with Gasteiger partial charge in [-0.3, -0.25) is 4.79 Å². The van der Waals surface area contributed by atoms with E-state index in [-0.39, 0.29) is 36.7 Å². The van der Waals surface area contributed by atoms with Gasteiger partial charge in [-0.25, -0.2) is 9.59 Å². The fourth-order valence-corrected chi connectivity index (χ4v) is 4.58. The molecule has 3 N–H and O–H groups in total. The van der Waals surface area contributed by atoms with Crippen molar-refractivity contribution in [3.8, 4) is 11.1 Å². The third-order valence-corrected chi connectivity index (χ3v) is 6.49. The van der Waals surface area contributed by atoms with Gasteiger partial charge in [-0.1, -0.05) is 53.7 Å². The highest BCUT2D eigenvalue weighted by molar-refractivity contribution is 7.98. The number of benzene rings is 2. The second-order valence-corrected chi connectivity index (χ2v) is 8.99. The minimum Gasteiger partial charge on any atom is -0.480 e. The number of aromatic nitrogens is 1. The van der Waals surface area contributed by atoms with E-state index in [1.807, 2.05) is 42.7 Å². The number of carboxylic acid groups (broad SMARTS) is 1. The molecule has 0 radical (unpaired) electrons. The second kappa shape index (κ2) is 11.1. The van der Waals surface area contributed by atoms with Gasteiger partial charge in [0.05, 0.1) is 6.54 Å². The zero-order chi connectivity index (χ0) is 24.8. The van der Waals surface area contributed by atoms with Crippen molar-refractivity contribution in [1.82, 2.24) is 15.8 Å². The quantitative estimate of drug-likeness (QED) is 0.389. The minimum atomic E-state index is -1.12. The Morgan fingerprint density at radius 3 is 2.40 bits per heavy atom. The van der Waals surface area contributed by atoms with Crippen molar-refractivity contribution < 1.29 is 28.8 Å². The van der Waals surface area contributed by atoms with E-state index in [0.29, 0.717) is 5.75 Å². The van der Waals surface area contributed by atoms with Crippen LogP contribution < -0.4 is 10.6 Å². The molecule has 0 saturated heterocycles. The Bertz CT molecular complexity index is 1180. The Kier molecular flexibility index (Phi) is 7.71. The van der Waals surface area contributed by atoms with Crippen molar-refractivity contribution in [3.05, 3.63) is 77.2 Å². The van der Waals surface area contributed by atoms with Crippen LogP contribution in [0.3, 0.4) is 0 Å². The van der Waals surface area contributed by atoms with Gasteiger partial charge in [-0.15, -0.1) is 0 Å². The van der Waals surface area contributed by atoms with Crippen LogP contribution in [0, 0.1) is 0 Å². The van der Waals surface area contributed by atoms with Crippen LogP contribution in [0.25, 0.3) is 11.1 Å². The van der Waals surface area contributed by atoms with Crippen LogP contribution in [-0.2, 0) is 16.1 Å². The molecule has 35 heavy (non-hydrogen) atoms. The normalized spacial score (nSPS) is 12.9. The molecule has 1 atom stereocenters. The van der Waals surface area contributed by atoms with Gasteiger partial charge in [-0.05, 0) is 40.7 Å². The number of carbonyl (C=O) groups is 3. The summed E-state index contributed by atoms with van der Waals surface area (Å²) in [5.74, 6) is -1.25. The van der Waals surface area contributed by atoms with E-state index < -0.39 is 24.0 Å². The average Bonchev–Trinajstić information content (AvgIpc) is 3.46. The van der Waals surface area contributed by atoms with Gasteiger partial charge >= 0.3 is 12.1 Å². The number of thioether (sulfide) groups is 1. The van der Waals surface area contributed by atoms with E-state index in [1.54, 1.807) is 0 Å². The number of fused-ring (bicyclic) bond motifs is 3. The molecule has 1 heterocycles. The van der Waals surface area contributed by atoms with Gasteiger partial charge < -0.3 is 25.0 Å². The molecule has 0 bridgehead atoms. The largest absolute Gasteiger partial charge is 0.480 e. The summed E-state index contributed by atoms with van der Waals surface area (Å²) in [5, 5.41) is 18.1. The van der Waals surface area contributed by atoms with Gasteiger partial charge in [-0.2, -0.15) is 11.8 Å². The van der Waals surface area contributed by atoms with Crippen LogP contribution in [0.1, 0.15) is 39.5 Å². The van der Waals surface area contributed by atoms with E-state index in [2.05, 4.69) is 27.9 Å². The highest BCUT2D eigenvalue weighted by Gasteiger charge is 2.29. The van der Waals surface area contributed by atoms with Crippen molar-refractivity contribution in [1.29, 1.82) is 0 Å². The molecular weight excluding hydrogens is 470 g/mol. The van der Waals surface area contributed by atoms with Crippen LogP contribution in [0.15, 0.2) is 59.3 Å². The van der Waals surface area contributed by atoms with Crippen molar-refractivity contribution in [2.24, 2.45) is 0 Å². The van der Waals surface area contributed by atoms with Gasteiger partial charge in [0.15, 0.2) is 0 Å². The zero-order valence-corrected chi connectivity index (χ0v) is 19.8. The number of nitrogens with one attached hydrogen (secondary N) is 2. The number of hydrogen-bond donors (Lipinski definition) is 3. The summed E-state index contributed by atoms with van der Waals surface area (Å²) >= 11 is 1.49. The smallest absolute Gasteiger partial charge is 0.407 e. The Labute approximate surface area is 206 Å². The lowest BCUT2D eigenvalue weighted by molar-refractivity contribution is -0.139. The molecule has 0 saturated carbocycles. The van der Waals surface area contributed by atoms with Crippen molar-refractivity contribution in [2.45, 2.75) is 24.9 Å². The standard InChI is InChI=1S/C25H25N3O6S/c1-35-11-10-21(24(30)31)27-23(29)20-14-34-28-22(20)12-26-25(32)33-13-19-17-8-4-2-6-15(17)16-7-3-5-9-18(16)19/h2-9,14,19,21H,10-13H2,1H3,(H,26,32)(H,27,29)(H,30,31)/t21-/m1/s1. The number of nitrogens with zero attached hydrogens (tertiary/aromatic N) is 1.